The van der Waals surface area contributed by atoms with Crippen molar-refractivity contribution < 1.29 is 9.59 Å². The van der Waals surface area contributed by atoms with Crippen molar-refractivity contribution in [1.82, 2.24) is 5.32 Å². The Balaban J connectivity index is 1.99. The number of rotatable bonds is 7. The van der Waals surface area contributed by atoms with E-state index in [1.54, 1.807) is 12.1 Å². The smallest absolute Gasteiger partial charge is 0.281 e. The van der Waals surface area contributed by atoms with Gasteiger partial charge < -0.3 is 5.32 Å². The Hall–Kier alpha value is -1.84. The molecule has 1 aliphatic heterocycles. The molecule has 0 aromatic heterocycles. The van der Waals surface area contributed by atoms with Gasteiger partial charge in [0, 0.05) is 12.2 Å². The minimum Gasteiger partial charge on any atom is -0.385 e. The van der Waals surface area contributed by atoms with E-state index in [0.717, 1.165) is 18.7 Å². The first-order chi connectivity index (χ1) is 9.65. The summed E-state index contributed by atoms with van der Waals surface area (Å²) in [7, 11) is 0. The van der Waals surface area contributed by atoms with Gasteiger partial charge >= 0.3 is 0 Å². The van der Waals surface area contributed by atoms with E-state index in [1.165, 1.54) is 19.3 Å². The first kappa shape index (κ1) is 14.6. The van der Waals surface area contributed by atoms with Crippen molar-refractivity contribution in [3.8, 4) is 0 Å². The standard InChI is InChI=1S/C16H21N2O2/c1-3-5-6-11(4-2)10-17-12-7-8-13-14(9-12)16(20)18-15(13)19/h7-9,11,17H,3-6,10H2,1-2H3. The zero-order chi connectivity index (χ0) is 14.5. The molecular weight excluding hydrogens is 252 g/mol. The van der Waals surface area contributed by atoms with Gasteiger partial charge in [-0.25, -0.2) is 0 Å². The van der Waals surface area contributed by atoms with E-state index >= 15 is 0 Å². The summed E-state index contributed by atoms with van der Waals surface area (Å²) in [6.07, 6.45) is 4.83. The summed E-state index contributed by atoms with van der Waals surface area (Å²) in [6.45, 7) is 5.30. The van der Waals surface area contributed by atoms with Crippen LogP contribution < -0.4 is 10.6 Å². The number of hydrogen-bond acceptors (Lipinski definition) is 3. The molecule has 1 aliphatic rings. The summed E-state index contributed by atoms with van der Waals surface area (Å²) in [6, 6.07) is 5.26. The molecular formula is C16H21N2O2. The molecule has 1 N–H and O–H groups in total. The van der Waals surface area contributed by atoms with Crippen molar-refractivity contribution in [2.45, 2.75) is 39.5 Å². The van der Waals surface area contributed by atoms with E-state index < -0.39 is 11.8 Å². The van der Waals surface area contributed by atoms with Crippen LogP contribution in [0.15, 0.2) is 18.2 Å². The predicted molar refractivity (Wildman–Crippen MR) is 79.0 cm³/mol. The normalized spacial score (nSPS) is 14.9. The average molecular weight is 273 g/mol. The van der Waals surface area contributed by atoms with Crippen molar-refractivity contribution in [3.05, 3.63) is 29.3 Å². The molecule has 0 aliphatic carbocycles. The maximum Gasteiger partial charge on any atom is 0.281 e. The van der Waals surface area contributed by atoms with Crippen LogP contribution in [0.25, 0.3) is 0 Å². The Morgan fingerprint density at radius 2 is 1.90 bits per heavy atom. The Morgan fingerprint density at radius 1 is 1.15 bits per heavy atom. The van der Waals surface area contributed by atoms with E-state index in [9.17, 15) is 9.59 Å². The summed E-state index contributed by atoms with van der Waals surface area (Å²) < 4.78 is 0. The number of anilines is 1. The third kappa shape index (κ3) is 3.18. The van der Waals surface area contributed by atoms with Gasteiger partial charge in [0.25, 0.3) is 11.8 Å². The van der Waals surface area contributed by atoms with Gasteiger partial charge in [-0.05, 0) is 30.5 Å². The van der Waals surface area contributed by atoms with Crippen LogP contribution in [0.4, 0.5) is 5.69 Å². The number of nitrogens with one attached hydrogen (secondary N) is 1. The van der Waals surface area contributed by atoms with Crippen LogP contribution in [-0.4, -0.2) is 18.4 Å². The number of hydrogen-bond donors (Lipinski definition) is 1. The van der Waals surface area contributed by atoms with Crippen molar-refractivity contribution in [2.75, 3.05) is 11.9 Å². The minimum absolute atomic E-state index is 0.415. The third-order valence-corrected chi connectivity index (χ3v) is 3.82. The zero-order valence-corrected chi connectivity index (χ0v) is 12.1. The number of unbranched alkanes of at least 4 members (excludes halogenated alkanes) is 1. The van der Waals surface area contributed by atoms with Crippen LogP contribution in [0.3, 0.4) is 0 Å². The zero-order valence-electron chi connectivity index (χ0n) is 12.1. The Kier molecular flexibility index (Phi) is 4.77. The van der Waals surface area contributed by atoms with Gasteiger partial charge in [-0.1, -0.05) is 33.1 Å². The number of fused-ring (bicyclic) bond motifs is 1. The molecule has 1 radical (unpaired) electrons. The molecule has 1 aromatic rings. The summed E-state index contributed by atoms with van der Waals surface area (Å²) in [5, 5.41) is 6.81. The Bertz CT molecular complexity index is 511. The van der Waals surface area contributed by atoms with Crippen LogP contribution in [0.2, 0.25) is 0 Å². The third-order valence-electron chi connectivity index (χ3n) is 3.82. The summed E-state index contributed by atoms with van der Waals surface area (Å²) in [5.41, 5.74) is 1.72. The largest absolute Gasteiger partial charge is 0.385 e. The quantitative estimate of drug-likeness (QED) is 0.776. The van der Waals surface area contributed by atoms with E-state index in [0.29, 0.717) is 17.0 Å². The second-order valence-corrected chi connectivity index (χ2v) is 5.28. The molecule has 20 heavy (non-hydrogen) atoms. The molecule has 2 rings (SSSR count). The highest BCUT2D eigenvalue weighted by Gasteiger charge is 2.28. The highest BCUT2D eigenvalue weighted by molar-refractivity contribution is 6.21. The van der Waals surface area contributed by atoms with Crippen molar-refractivity contribution in [3.63, 3.8) is 0 Å². The molecule has 1 atom stereocenters. The lowest BCUT2D eigenvalue weighted by Crippen LogP contribution is -2.14. The van der Waals surface area contributed by atoms with E-state index in [4.69, 9.17) is 0 Å². The topological polar surface area (TPSA) is 60.3 Å². The van der Waals surface area contributed by atoms with E-state index in [2.05, 4.69) is 24.5 Å². The summed E-state index contributed by atoms with van der Waals surface area (Å²) in [5.74, 6) is -0.206. The fourth-order valence-electron chi connectivity index (χ4n) is 2.44. The molecule has 4 nitrogen and oxygen atoms in total. The SMILES string of the molecule is CCCCC(CC)CNc1ccc2c(c1)C(=O)[N]C2=O. The number of amides is 2. The first-order valence-corrected chi connectivity index (χ1v) is 7.34. The summed E-state index contributed by atoms with van der Waals surface area (Å²) >= 11 is 0. The predicted octanol–water partition coefficient (Wildman–Crippen LogP) is 3.21. The number of nitrogens with zero attached hydrogens (tertiary/aromatic N) is 1. The number of benzene rings is 1. The van der Waals surface area contributed by atoms with Crippen molar-refractivity contribution >= 4 is 17.5 Å². The monoisotopic (exact) mass is 273 g/mol. The molecule has 1 heterocycles. The second kappa shape index (κ2) is 6.55. The minimum atomic E-state index is -0.425. The number of carbonyl (C=O) groups is 2. The molecule has 0 bridgehead atoms. The summed E-state index contributed by atoms with van der Waals surface area (Å²) in [4.78, 5) is 23.0. The second-order valence-electron chi connectivity index (χ2n) is 5.28. The van der Waals surface area contributed by atoms with Crippen LogP contribution in [0, 0.1) is 5.92 Å². The molecule has 1 aromatic carbocycles. The van der Waals surface area contributed by atoms with Gasteiger partial charge in [-0.15, -0.1) is 0 Å². The van der Waals surface area contributed by atoms with Gasteiger partial charge in [0.1, 0.15) is 0 Å². The molecule has 0 spiro atoms. The highest BCUT2D eigenvalue weighted by Crippen LogP contribution is 2.22. The molecule has 2 amide bonds. The van der Waals surface area contributed by atoms with E-state index in [1.807, 2.05) is 6.07 Å². The van der Waals surface area contributed by atoms with Crippen LogP contribution in [0.1, 0.15) is 60.2 Å². The maximum absolute atomic E-state index is 11.5. The first-order valence-electron chi connectivity index (χ1n) is 7.34. The molecule has 0 fully saturated rings. The fourth-order valence-corrected chi connectivity index (χ4v) is 2.44. The Labute approximate surface area is 119 Å². The fraction of sp³-hybridized carbons (Fsp3) is 0.500. The van der Waals surface area contributed by atoms with Crippen LogP contribution >= 0.6 is 0 Å². The van der Waals surface area contributed by atoms with Crippen molar-refractivity contribution in [2.24, 2.45) is 5.92 Å². The van der Waals surface area contributed by atoms with Crippen LogP contribution in [0.5, 0.6) is 0 Å². The number of imide groups is 1. The number of carbonyl (C=O) groups excluding carboxylic acids is 2. The van der Waals surface area contributed by atoms with Gasteiger partial charge in [-0.3, -0.25) is 9.59 Å². The van der Waals surface area contributed by atoms with E-state index in [-0.39, 0.29) is 0 Å². The lowest BCUT2D eigenvalue weighted by atomic mass is 9.99. The molecule has 1 unspecified atom stereocenters. The van der Waals surface area contributed by atoms with Crippen LogP contribution in [-0.2, 0) is 0 Å². The van der Waals surface area contributed by atoms with Crippen molar-refractivity contribution in [1.29, 1.82) is 0 Å². The Morgan fingerprint density at radius 3 is 2.60 bits per heavy atom. The average Bonchev–Trinajstić information content (AvgIpc) is 2.74. The lowest BCUT2D eigenvalue weighted by Gasteiger charge is -2.16. The lowest BCUT2D eigenvalue weighted by molar-refractivity contribution is 0.0873. The van der Waals surface area contributed by atoms with Gasteiger partial charge in [0.15, 0.2) is 0 Å². The molecule has 107 valence electrons. The molecule has 0 saturated carbocycles. The van der Waals surface area contributed by atoms with Gasteiger partial charge in [0.05, 0.1) is 11.1 Å². The van der Waals surface area contributed by atoms with Gasteiger partial charge in [0.2, 0.25) is 0 Å². The van der Waals surface area contributed by atoms with Gasteiger partial charge in [-0.2, -0.15) is 5.32 Å². The highest BCUT2D eigenvalue weighted by atomic mass is 16.2. The maximum atomic E-state index is 11.5. The molecule has 4 heteroatoms. The molecule has 0 saturated heterocycles.